The molecule has 12 nitrogen and oxygen atoms in total. The molecule has 7 aromatic carbocycles. The van der Waals surface area contributed by atoms with Crippen LogP contribution in [0.15, 0.2) is 176 Å². The number of alkyl halides is 9. The Bertz CT molecular complexity index is 4080. The summed E-state index contributed by atoms with van der Waals surface area (Å²) in [5.74, 6) is -3.10. The molecule has 2 N–H and O–H groups in total. The van der Waals surface area contributed by atoms with Crippen molar-refractivity contribution in [2.24, 2.45) is 0 Å². The van der Waals surface area contributed by atoms with Crippen molar-refractivity contribution in [3.8, 4) is 33.8 Å². The fraction of sp³-hybridized carbons (Fsp3) is 0.208. The van der Waals surface area contributed by atoms with E-state index in [9.17, 15) is 39.5 Å². The minimum Gasteiger partial charge on any atom is -0.511 e. The summed E-state index contributed by atoms with van der Waals surface area (Å²) in [6.07, 6.45) is -14.0. The van der Waals surface area contributed by atoms with Crippen molar-refractivity contribution in [3.05, 3.63) is 248 Å². The maximum atomic E-state index is 13.9. The van der Waals surface area contributed by atoms with Crippen molar-refractivity contribution in [2.45, 2.75) is 97.1 Å². The third-order valence-electron chi connectivity index (χ3n) is 15.2. The number of anilines is 10. The van der Waals surface area contributed by atoms with Crippen LogP contribution in [0.3, 0.4) is 0 Å². The molecule has 0 bridgehead atoms. The topological polar surface area (TPSA) is 114 Å². The molecule has 0 atom stereocenters. The van der Waals surface area contributed by atoms with Crippen molar-refractivity contribution >= 4 is 57.3 Å². The van der Waals surface area contributed by atoms with Gasteiger partial charge in [0.15, 0.2) is 0 Å². The summed E-state index contributed by atoms with van der Waals surface area (Å²) >= 11 is 0. The van der Waals surface area contributed by atoms with Crippen molar-refractivity contribution in [1.82, 2.24) is 29.9 Å². The van der Waals surface area contributed by atoms with Gasteiger partial charge in [-0.05, 0) is 12.1 Å². The van der Waals surface area contributed by atoms with Gasteiger partial charge in [-0.25, -0.2) is 29.9 Å². The van der Waals surface area contributed by atoms with Gasteiger partial charge in [-0.3, -0.25) is 0 Å². The molecular formula is C72H61F9IrN12-6. The van der Waals surface area contributed by atoms with E-state index in [2.05, 4.69) is 121 Å². The van der Waals surface area contributed by atoms with Gasteiger partial charge in [-0.1, -0.05) is 188 Å². The summed E-state index contributed by atoms with van der Waals surface area (Å²) < 4.78 is 123. The zero-order valence-corrected chi connectivity index (χ0v) is 54.6. The number of fused-ring (bicyclic) bond motifs is 3. The monoisotopic (exact) mass is 1460 g/mol. The summed E-state index contributed by atoms with van der Waals surface area (Å²) in [4.78, 5) is 29.8. The molecule has 0 unspecified atom stereocenters. The number of hydrogen-bond donors (Lipinski definition) is 2. The van der Waals surface area contributed by atoms with E-state index in [1.54, 1.807) is 120 Å². The molecule has 13 rings (SSSR count). The zero-order chi connectivity index (χ0) is 66.4. The summed E-state index contributed by atoms with van der Waals surface area (Å²) in [7, 11) is 0. The number of nitrogens with one attached hydrogen (secondary N) is 2. The fourth-order valence-electron chi connectivity index (χ4n) is 10.2. The molecule has 6 heterocycles. The molecule has 0 saturated heterocycles. The maximum Gasteiger partial charge on any atom is 0.451 e. The van der Waals surface area contributed by atoms with Crippen LogP contribution in [0, 0.1) is 38.2 Å². The first-order valence-electron chi connectivity index (χ1n) is 29.4. The van der Waals surface area contributed by atoms with Gasteiger partial charge in [0.25, 0.3) is 0 Å². The summed E-state index contributed by atoms with van der Waals surface area (Å²) in [6, 6.07) is 62.3. The Labute approximate surface area is 553 Å². The normalized spacial score (nSPS) is 13.7. The van der Waals surface area contributed by atoms with Crippen molar-refractivity contribution in [3.63, 3.8) is 0 Å². The first kappa shape index (κ1) is 67.5. The van der Waals surface area contributed by atoms with Gasteiger partial charge in [-0.2, -0.15) is 124 Å². The molecule has 0 spiro atoms. The largest absolute Gasteiger partial charge is 0.511 e. The average molecular weight is 1460 g/mol. The molecule has 3 aliphatic rings. The summed E-state index contributed by atoms with van der Waals surface area (Å²) in [6.45, 7) is 23.7. The molecule has 94 heavy (non-hydrogen) atoms. The zero-order valence-electron chi connectivity index (χ0n) is 52.2. The number of aromatic nitrogens is 6. The van der Waals surface area contributed by atoms with Gasteiger partial charge in [0.05, 0.1) is 34.1 Å². The van der Waals surface area contributed by atoms with Gasteiger partial charge < -0.3 is 30.2 Å². The Kier molecular flexibility index (Phi) is 18.8. The van der Waals surface area contributed by atoms with E-state index in [4.69, 9.17) is 0 Å². The van der Waals surface area contributed by atoms with Crippen LogP contribution in [0.2, 0.25) is 0 Å². The van der Waals surface area contributed by atoms with E-state index in [1.807, 2.05) is 95.9 Å². The minimum absolute atomic E-state index is 0. The standard InChI is InChI=1S/C28H23F3N4.2C22H19F3N4.Ir/c1-27(2,3)20-14-16-22(17-15-20)35-18-34(21-12-8-5-9-13-21)24-23(19-10-6-4-7-11-19)32-26(28(29,30)31)33-25(24)35;2*1-21(2,3)15-9-11-16(12-10-15)29-13-26-18-17(14-7-5-4-6-8-14)27-20(22(23,24)25)28-19(18)29;/h4-16,18H,1-3H3;2*4-11,13,26H,1-3H3;/q3*-2;. The molecule has 3 aliphatic heterocycles. The van der Waals surface area contributed by atoms with Crippen LogP contribution in [-0.2, 0) is 54.9 Å². The Morgan fingerprint density at radius 3 is 0.979 bits per heavy atom. The molecule has 487 valence electrons. The molecular weight excluding hydrogens is 1400 g/mol. The van der Waals surface area contributed by atoms with Crippen LogP contribution in [0.1, 0.15) is 96.5 Å². The Morgan fingerprint density at radius 2 is 0.660 bits per heavy atom. The summed E-state index contributed by atoms with van der Waals surface area (Å²) in [5.41, 5.74) is 9.27. The van der Waals surface area contributed by atoms with Gasteiger partial charge in [0, 0.05) is 42.5 Å². The van der Waals surface area contributed by atoms with Crippen LogP contribution in [0.4, 0.5) is 96.8 Å². The average Bonchev–Trinajstić information content (AvgIpc) is 1.58. The van der Waals surface area contributed by atoms with Gasteiger partial charge in [0.1, 0.15) is 17.5 Å². The number of para-hydroxylation sites is 1. The molecule has 1 radical (unpaired) electrons. The second kappa shape index (κ2) is 26.2. The van der Waals surface area contributed by atoms with Gasteiger partial charge >= 0.3 is 18.5 Å². The van der Waals surface area contributed by atoms with Crippen LogP contribution in [0.25, 0.3) is 33.8 Å². The van der Waals surface area contributed by atoms with Crippen molar-refractivity contribution in [2.75, 3.05) is 30.2 Å². The molecule has 0 aliphatic carbocycles. The van der Waals surface area contributed by atoms with E-state index >= 15 is 0 Å². The number of rotatable bonds is 7. The first-order valence-corrected chi connectivity index (χ1v) is 29.4. The first-order chi connectivity index (χ1) is 43.9. The van der Waals surface area contributed by atoms with Crippen LogP contribution in [-0.4, -0.2) is 29.9 Å². The third-order valence-corrected chi connectivity index (χ3v) is 15.2. The SMILES string of the molecule is CC(C)(C)c1c[c-]c(N2[CH-]N(c3ccccc3)c3c(-c4ccccc4)nc(C(F)(F)F)nc32)cc1.CC(C)(C)c1c[c-]c(N2[CH-]Nc3c(-c4ccccc4)nc(C(F)(F)F)nc32)cc1.CC(C)(C)c1c[c-]c(N2[CH-]Nc3c(-c4ccccc4)nc(C(F)(F)F)nc32)cc1.[Ir]. The minimum atomic E-state index is -4.70. The number of nitrogens with zero attached hydrogens (tertiary/aromatic N) is 10. The van der Waals surface area contributed by atoms with Crippen LogP contribution in [0.5, 0.6) is 0 Å². The number of hydrogen-bond acceptors (Lipinski definition) is 12. The fourth-order valence-corrected chi connectivity index (χ4v) is 10.2. The van der Waals surface area contributed by atoms with Crippen molar-refractivity contribution in [1.29, 1.82) is 0 Å². The predicted molar refractivity (Wildman–Crippen MR) is 344 cm³/mol. The van der Waals surface area contributed by atoms with E-state index in [1.165, 1.54) is 0 Å². The van der Waals surface area contributed by atoms with Crippen LogP contribution >= 0.6 is 0 Å². The van der Waals surface area contributed by atoms with Crippen LogP contribution < -0.4 is 30.2 Å². The quantitative estimate of drug-likeness (QED) is 0.117. The maximum absolute atomic E-state index is 13.9. The van der Waals surface area contributed by atoms with E-state index in [0.717, 1.165) is 22.4 Å². The number of halogens is 9. The van der Waals surface area contributed by atoms with E-state index in [-0.39, 0.29) is 70.9 Å². The Morgan fingerprint density at radius 1 is 0.351 bits per heavy atom. The number of benzene rings is 7. The Balaban J connectivity index is 0.000000154. The second-order valence-electron chi connectivity index (χ2n) is 25.0. The molecule has 3 aromatic heterocycles. The molecule has 0 fully saturated rings. The van der Waals surface area contributed by atoms with E-state index in [0.29, 0.717) is 50.8 Å². The van der Waals surface area contributed by atoms with Gasteiger partial charge in [-0.15, -0.1) is 41.9 Å². The second-order valence-corrected chi connectivity index (χ2v) is 25.0. The predicted octanol–water partition coefficient (Wildman–Crippen LogP) is 19.6. The Hall–Kier alpha value is -9.40. The van der Waals surface area contributed by atoms with Crippen molar-refractivity contribution < 1.29 is 59.6 Å². The smallest absolute Gasteiger partial charge is 0.451 e. The molecule has 0 saturated carbocycles. The molecule has 10 aromatic rings. The molecule has 0 amide bonds. The molecule has 22 heteroatoms. The third kappa shape index (κ3) is 14.5. The van der Waals surface area contributed by atoms with Gasteiger partial charge in [0.2, 0.25) is 17.5 Å². The summed E-state index contributed by atoms with van der Waals surface area (Å²) in [5, 5.41) is 6.06. The van der Waals surface area contributed by atoms with E-state index < -0.39 is 36.0 Å².